The van der Waals surface area contributed by atoms with Crippen LogP contribution in [0.4, 0.5) is 36.3 Å². The molecule has 0 unspecified atom stereocenters. The van der Waals surface area contributed by atoms with Crippen molar-refractivity contribution in [3.05, 3.63) is 79.8 Å². The molecule has 17 heteroatoms. The summed E-state index contributed by atoms with van der Waals surface area (Å²) in [6.45, 7) is 0. The molecule has 39 heavy (non-hydrogen) atoms. The second-order valence-corrected chi connectivity index (χ2v) is 9.26. The number of alkyl halides is 6. The first-order valence-electron chi connectivity index (χ1n) is 10.2. The summed E-state index contributed by atoms with van der Waals surface area (Å²) in [5.41, 5.74) is -1.10. The molecule has 0 saturated heterocycles. The molecule has 0 saturated carbocycles. The van der Waals surface area contributed by atoms with Gasteiger partial charge in [0.05, 0.1) is 22.4 Å². The maximum absolute atomic E-state index is 13.6. The van der Waals surface area contributed by atoms with E-state index in [1.807, 2.05) is 5.32 Å². The van der Waals surface area contributed by atoms with Crippen molar-refractivity contribution in [1.29, 1.82) is 0 Å². The normalized spacial score (nSPS) is 11.9. The van der Waals surface area contributed by atoms with E-state index in [0.29, 0.717) is 11.0 Å². The Morgan fingerprint density at radius 3 is 2.31 bits per heavy atom. The summed E-state index contributed by atoms with van der Waals surface area (Å²) >= 11 is 11.8. The average Bonchev–Trinajstić information content (AvgIpc) is 3.29. The number of benzene rings is 2. The minimum absolute atomic E-state index is 0.0892. The fraction of sp³-hybridized carbons (Fsp3) is 0.136. The summed E-state index contributed by atoms with van der Waals surface area (Å²) in [4.78, 5) is 40.1. The van der Waals surface area contributed by atoms with Gasteiger partial charge in [-0.05, 0) is 35.9 Å². The molecular weight excluding hydrogens is 599 g/mol. The minimum Gasteiger partial charge on any atom is -0.273 e. The van der Waals surface area contributed by atoms with Crippen LogP contribution in [0.1, 0.15) is 36.9 Å². The van der Waals surface area contributed by atoms with Gasteiger partial charge < -0.3 is 0 Å². The fourth-order valence-electron chi connectivity index (χ4n) is 2.82. The Labute approximate surface area is 229 Å². The minimum atomic E-state index is -5.13. The lowest BCUT2D eigenvalue weighted by Gasteiger charge is -2.14. The number of carbonyl (C=O) groups is 3. The number of aromatic nitrogens is 1. The number of rotatable bonds is 5. The highest BCUT2D eigenvalue weighted by Gasteiger charge is 2.40. The quantitative estimate of drug-likeness (QED) is 0.202. The summed E-state index contributed by atoms with van der Waals surface area (Å²) in [6.07, 6.45) is -8.97. The molecule has 0 fully saturated rings. The predicted octanol–water partition coefficient (Wildman–Crippen LogP) is 6.24. The lowest BCUT2D eigenvalue weighted by molar-refractivity contribution is -0.141. The monoisotopic (exact) mass is 611 g/mol. The van der Waals surface area contributed by atoms with Gasteiger partial charge in [0.1, 0.15) is 4.88 Å². The summed E-state index contributed by atoms with van der Waals surface area (Å²) in [6, 6.07) is 6.42. The second kappa shape index (κ2) is 11.6. The predicted molar refractivity (Wildman–Crippen MR) is 131 cm³/mol. The Morgan fingerprint density at radius 1 is 1.00 bits per heavy atom. The van der Waals surface area contributed by atoms with E-state index in [-0.39, 0.29) is 32.5 Å². The van der Waals surface area contributed by atoms with Crippen LogP contribution in [0, 0.1) is 0 Å². The zero-order valence-electron chi connectivity index (χ0n) is 19.1. The lowest BCUT2D eigenvalue weighted by atomic mass is 10.1. The fourth-order valence-corrected chi connectivity index (χ4v) is 4.25. The topological polar surface area (TPSA) is 104 Å². The molecule has 0 bridgehead atoms. The van der Waals surface area contributed by atoms with Crippen LogP contribution in [0.3, 0.4) is 0 Å². The number of hydrazone groups is 1. The van der Waals surface area contributed by atoms with Gasteiger partial charge in [0, 0.05) is 12.1 Å². The molecule has 3 aromatic rings. The van der Waals surface area contributed by atoms with Crippen LogP contribution in [0.25, 0.3) is 0 Å². The van der Waals surface area contributed by atoms with Crippen molar-refractivity contribution in [3.63, 3.8) is 0 Å². The average molecular weight is 612 g/mol. The van der Waals surface area contributed by atoms with E-state index < -0.39 is 51.5 Å². The molecule has 2 N–H and O–H groups in total. The number of anilines is 1. The van der Waals surface area contributed by atoms with Crippen LogP contribution in [-0.4, -0.2) is 36.1 Å². The van der Waals surface area contributed by atoms with E-state index in [9.17, 15) is 40.7 Å². The van der Waals surface area contributed by atoms with Crippen LogP contribution in [0.15, 0.2) is 47.6 Å². The van der Waals surface area contributed by atoms with Crippen molar-refractivity contribution in [3.8, 4) is 0 Å². The first-order chi connectivity index (χ1) is 18.1. The number of nitrogens with one attached hydrogen (secondary N) is 2. The van der Waals surface area contributed by atoms with Crippen molar-refractivity contribution in [2.24, 2.45) is 5.10 Å². The second-order valence-electron chi connectivity index (χ2n) is 7.44. The van der Waals surface area contributed by atoms with Gasteiger partial charge in [-0.2, -0.15) is 31.4 Å². The number of imide groups is 1. The highest BCUT2D eigenvalue weighted by molar-refractivity contribution is 7.17. The molecule has 8 nitrogen and oxygen atoms in total. The van der Waals surface area contributed by atoms with Gasteiger partial charge in [-0.25, -0.2) is 15.2 Å². The van der Waals surface area contributed by atoms with E-state index in [1.54, 1.807) is 5.43 Å². The Kier molecular flexibility index (Phi) is 8.87. The Morgan fingerprint density at radius 2 is 1.69 bits per heavy atom. The van der Waals surface area contributed by atoms with Crippen LogP contribution in [0.2, 0.25) is 10.0 Å². The first kappa shape index (κ1) is 29.9. The Hall–Kier alpha value is -3.69. The van der Waals surface area contributed by atoms with Gasteiger partial charge in [-0.15, -0.1) is 0 Å². The van der Waals surface area contributed by atoms with E-state index in [4.69, 9.17) is 23.2 Å². The number of thiazole rings is 1. The van der Waals surface area contributed by atoms with Gasteiger partial charge >= 0.3 is 18.4 Å². The highest BCUT2D eigenvalue weighted by Crippen LogP contribution is 2.37. The van der Waals surface area contributed by atoms with Gasteiger partial charge in [0.2, 0.25) is 0 Å². The molecule has 1 heterocycles. The first-order valence-corrected chi connectivity index (χ1v) is 11.8. The van der Waals surface area contributed by atoms with Crippen molar-refractivity contribution < 1.29 is 40.7 Å². The smallest absolute Gasteiger partial charge is 0.273 e. The Balaban J connectivity index is 1.78. The summed E-state index contributed by atoms with van der Waals surface area (Å²) in [5.74, 6) is -2.38. The van der Waals surface area contributed by atoms with Crippen LogP contribution in [0.5, 0.6) is 0 Å². The third-order valence-corrected chi connectivity index (χ3v) is 6.35. The highest BCUT2D eigenvalue weighted by atomic mass is 35.5. The number of hydrogen-bond acceptors (Lipinski definition) is 6. The van der Waals surface area contributed by atoms with Gasteiger partial charge in [0.25, 0.3) is 11.8 Å². The number of amides is 4. The molecule has 1 aromatic heterocycles. The number of urea groups is 1. The lowest BCUT2D eigenvalue weighted by Crippen LogP contribution is -2.41. The van der Waals surface area contributed by atoms with E-state index in [1.165, 1.54) is 24.3 Å². The van der Waals surface area contributed by atoms with Crippen molar-refractivity contribution in [1.82, 2.24) is 15.7 Å². The Bertz CT molecular complexity index is 1460. The molecule has 206 valence electrons. The molecule has 0 aliphatic carbocycles. The standard InChI is InChI=1S/C22H13Cl2F6N5O3S/c1-35(19(38)33-17(36)13-6-5-12(23)8-14(13)24)20-32-16(22(28,29)30)15(39-20)18(37)34-31-9-10-3-2-4-11(7-10)21(25,26)27/h2-9H,1H3,(H,34,37)(H,33,36,38)/b31-9+. The van der Waals surface area contributed by atoms with Gasteiger partial charge in [-0.3, -0.25) is 19.8 Å². The van der Waals surface area contributed by atoms with Crippen LogP contribution in [-0.2, 0) is 12.4 Å². The van der Waals surface area contributed by atoms with Crippen molar-refractivity contribution >= 4 is 63.7 Å². The molecule has 0 aliphatic rings. The molecule has 0 spiro atoms. The molecule has 4 amide bonds. The largest absolute Gasteiger partial charge is 0.435 e. The summed E-state index contributed by atoms with van der Waals surface area (Å²) in [7, 11) is 0.999. The van der Waals surface area contributed by atoms with Crippen LogP contribution >= 0.6 is 34.5 Å². The molecule has 0 atom stereocenters. The van der Waals surface area contributed by atoms with Crippen LogP contribution < -0.4 is 15.6 Å². The number of hydrogen-bond donors (Lipinski definition) is 2. The molecular formula is C22H13Cl2F6N5O3S. The third-order valence-electron chi connectivity index (χ3n) is 4.67. The number of halogens is 8. The zero-order chi connectivity index (χ0) is 29.1. The van der Waals surface area contributed by atoms with E-state index in [0.717, 1.165) is 25.4 Å². The summed E-state index contributed by atoms with van der Waals surface area (Å²) in [5, 5.41) is 4.84. The molecule has 0 radical (unpaired) electrons. The molecule has 2 aromatic carbocycles. The molecule has 3 rings (SSSR count). The van der Waals surface area contributed by atoms with Gasteiger partial charge in [-0.1, -0.05) is 46.7 Å². The summed E-state index contributed by atoms with van der Waals surface area (Å²) < 4.78 is 79.1. The maximum atomic E-state index is 13.6. The van der Waals surface area contributed by atoms with E-state index in [2.05, 4.69) is 10.1 Å². The molecule has 0 aliphatic heterocycles. The number of carbonyl (C=O) groups excluding carboxylic acids is 3. The zero-order valence-corrected chi connectivity index (χ0v) is 21.4. The van der Waals surface area contributed by atoms with Crippen molar-refractivity contribution in [2.45, 2.75) is 12.4 Å². The van der Waals surface area contributed by atoms with E-state index >= 15 is 0 Å². The third kappa shape index (κ3) is 7.46. The maximum Gasteiger partial charge on any atom is 0.435 e. The van der Waals surface area contributed by atoms with Gasteiger partial charge in [0.15, 0.2) is 10.8 Å². The van der Waals surface area contributed by atoms with Crippen molar-refractivity contribution in [2.75, 3.05) is 11.9 Å². The number of nitrogens with zero attached hydrogens (tertiary/aromatic N) is 3. The SMILES string of the molecule is CN(C(=O)NC(=O)c1ccc(Cl)cc1Cl)c1nc(C(F)(F)F)c(C(=O)N/N=C/c2cccc(C(F)(F)F)c2)s1.